The Bertz CT molecular complexity index is 779. The van der Waals surface area contributed by atoms with Crippen molar-refractivity contribution in [3.8, 4) is 11.4 Å². The molecule has 0 radical (unpaired) electrons. The second kappa shape index (κ2) is 4.16. The lowest BCUT2D eigenvalue weighted by Crippen LogP contribution is -2.02. The van der Waals surface area contributed by atoms with Crippen molar-refractivity contribution in [2.24, 2.45) is 0 Å². The number of nitrogens with zero attached hydrogens (tertiary/aromatic N) is 4. The van der Waals surface area contributed by atoms with Crippen molar-refractivity contribution in [3.63, 3.8) is 0 Å². The minimum atomic E-state index is -1.08. The highest BCUT2D eigenvalue weighted by Gasteiger charge is 2.10. The van der Waals surface area contributed by atoms with Crippen LogP contribution in [0.4, 0.5) is 0 Å². The van der Waals surface area contributed by atoms with Crippen LogP contribution in [-0.2, 0) is 0 Å². The van der Waals surface area contributed by atoms with E-state index in [2.05, 4.69) is 15.1 Å². The van der Waals surface area contributed by atoms with Gasteiger partial charge in [-0.05, 0) is 19.1 Å². The Labute approximate surface area is 108 Å². The molecule has 0 amide bonds. The molecule has 0 bridgehead atoms. The van der Waals surface area contributed by atoms with Crippen LogP contribution < -0.4 is 0 Å². The molecule has 0 unspecified atom stereocenters. The van der Waals surface area contributed by atoms with Crippen LogP contribution >= 0.6 is 0 Å². The summed E-state index contributed by atoms with van der Waals surface area (Å²) in [6.45, 7) is 1.99. The van der Waals surface area contributed by atoms with Crippen molar-refractivity contribution in [1.29, 1.82) is 0 Å². The molecule has 0 fully saturated rings. The fourth-order valence-corrected chi connectivity index (χ4v) is 1.80. The molecule has 1 N–H and O–H groups in total. The molecule has 6 heteroatoms. The number of carboxylic acids is 1. The summed E-state index contributed by atoms with van der Waals surface area (Å²) >= 11 is 0. The minimum Gasteiger partial charge on any atom is -0.477 e. The fourth-order valence-electron chi connectivity index (χ4n) is 1.80. The van der Waals surface area contributed by atoms with Crippen molar-refractivity contribution in [2.45, 2.75) is 6.92 Å². The number of carbonyl (C=O) groups is 1. The third kappa shape index (κ3) is 2.03. The van der Waals surface area contributed by atoms with Crippen LogP contribution in [0.3, 0.4) is 0 Å². The van der Waals surface area contributed by atoms with Crippen LogP contribution in [0.1, 0.15) is 16.1 Å². The van der Waals surface area contributed by atoms with E-state index >= 15 is 0 Å². The Balaban J connectivity index is 2.14. The van der Waals surface area contributed by atoms with Crippen LogP contribution in [0.2, 0.25) is 0 Å². The molecular weight excluding hydrogens is 244 g/mol. The fraction of sp³-hybridized carbons (Fsp3) is 0.0769. The van der Waals surface area contributed by atoms with E-state index in [1.165, 1.54) is 16.8 Å². The van der Waals surface area contributed by atoms with E-state index in [0.717, 1.165) is 11.1 Å². The summed E-state index contributed by atoms with van der Waals surface area (Å²) in [5.74, 6) is -0.280. The highest BCUT2D eigenvalue weighted by Crippen LogP contribution is 2.16. The molecule has 2 aromatic heterocycles. The number of fused-ring (bicyclic) bond motifs is 1. The van der Waals surface area contributed by atoms with Crippen molar-refractivity contribution in [1.82, 2.24) is 19.6 Å². The molecule has 1 aromatic carbocycles. The smallest absolute Gasteiger partial charge is 0.354 e. The Morgan fingerprint density at radius 1 is 1.26 bits per heavy atom. The summed E-state index contributed by atoms with van der Waals surface area (Å²) in [6.07, 6.45) is 1.54. The van der Waals surface area contributed by atoms with Crippen LogP contribution in [0, 0.1) is 6.92 Å². The van der Waals surface area contributed by atoms with Gasteiger partial charge in [0.2, 0.25) is 0 Å². The first-order chi connectivity index (χ1) is 9.13. The molecule has 19 heavy (non-hydrogen) atoms. The van der Waals surface area contributed by atoms with E-state index in [4.69, 9.17) is 5.11 Å². The Kier molecular flexibility index (Phi) is 2.49. The molecule has 0 aliphatic carbocycles. The Morgan fingerprint density at radius 2 is 2.11 bits per heavy atom. The molecule has 2 heterocycles. The standard InChI is InChI=1S/C13H10N4O2/c1-8-3-2-4-9(7-8)11-15-13-14-10(12(18)19)5-6-17(13)16-11/h2-7H,1H3,(H,18,19). The molecule has 3 aromatic rings. The zero-order chi connectivity index (χ0) is 13.4. The summed E-state index contributed by atoms with van der Waals surface area (Å²) in [7, 11) is 0. The maximum Gasteiger partial charge on any atom is 0.354 e. The molecule has 0 aliphatic heterocycles. The average molecular weight is 254 g/mol. The molecule has 0 spiro atoms. The van der Waals surface area contributed by atoms with E-state index in [-0.39, 0.29) is 11.5 Å². The van der Waals surface area contributed by atoms with Gasteiger partial charge in [0.05, 0.1) is 0 Å². The van der Waals surface area contributed by atoms with Crippen LogP contribution in [0.5, 0.6) is 0 Å². The van der Waals surface area contributed by atoms with Gasteiger partial charge in [-0.15, -0.1) is 5.10 Å². The van der Waals surface area contributed by atoms with Gasteiger partial charge < -0.3 is 5.11 Å². The number of rotatable bonds is 2. The second-order valence-corrected chi connectivity index (χ2v) is 4.17. The molecule has 0 saturated carbocycles. The Hall–Kier alpha value is -2.76. The lowest BCUT2D eigenvalue weighted by atomic mass is 10.1. The van der Waals surface area contributed by atoms with E-state index in [9.17, 15) is 4.79 Å². The van der Waals surface area contributed by atoms with Crippen LogP contribution in [0.15, 0.2) is 36.5 Å². The van der Waals surface area contributed by atoms with Crippen LogP contribution in [-0.4, -0.2) is 30.7 Å². The normalized spacial score (nSPS) is 10.8. The number of aryl methyl sites for hydroxylation is 1. The van der Waals surface area contributed by atoms with Gasteiger partial charge in [0, 0.05) is 11.8 Å². The quantitative estimate of drug-likeness (QED) is 0.754. The maximum atomic E-state index is 10.8. The molecule has 0 saturated heterocycles. The first-order valence-electron chi connectivity index (χ1n) is 5.67. The zero-order valence-electron chi connectivity index (χ0n) is 10.1. The monoisotopic (exact) mass is 254 g/mol. The topological polar surface area (TPSA) is 80.4 Å². The van der Waals surface area contributed by atoms with Gasteiger partial charge in [-0.1, -0.05) is 23.8 Å². The molecule has 0 aliphatic rings. The maximum absolute atomic E-state index is 10.8. The van der Waals surface area contributed by atoms with E-state index in [0.29, 0.717) is 5.82 Å². The van der Waals surface area contributed by atoms with E-state index in [1.807, 2.05) is 31.2 Å². The number of aromatic carboxylic acids is 1. The summed E-state index contributed by atoms with van der Waals surface area (Å²) < 4.78 is 1.46. The molecule has 6 nitrogen and oxygen atoms in total. The van der Waals surface area contributed by atoms with Crippen LogP contribution in [0.25, 0.3) is 17.2 Å². The van der Waals surface area contributed by atoms with Crippen molar-refractivity contribution in [2.75, 3.05) is 0 Å². The number of aromatic nitrogens is 4. The first-order valence-corrected chi connectivity index (χ1v) is 5.67. The van der Waals surface area contributed by atoms with Gasteiger partial charge in [0.1, 0.15) is 0 Å². The second-order valence-electron chi connectivity index (χ2n) is 4.17. The average Bonchev–Trinajstić information content (AvgIpc) is 2.81. The predicted molar refractivity (Wildman–Crippen MR) is 67.9 cm³/mol. The highest BCUT2D eigenvalue weighted by atomic mass is 16.4. The van der Waals surface area contributed by atoms with Gasteiger partial charge in [-0.3, -0.25) is 0 Å². The Morgan fingerprint density at radius 3 is 2.84 bits per heavy atom. The van der Waals surface area contributed by atoms with Crippen molar-refractivity contribution >= 4 is 11.7 Å². The summed E-state index contributed by atoms with van der Waals surface area (Å²) in [5.41, 5.74) is 1.94. The summed E-state index contributed by atoms with van der Waals surface area (Å²) in [5, 5.41) is 13.2. The minimum absolute atomic E-state index is 0.0457. The summed E-state index contributed by atoms with van der Waals surface area (Å²) in [6, 6.07) is 9.17. The third-order valence-corrected chi connectivity index (χ3v) is 2.70. The number of hydrogen-bond donors (Lipinski definition) is 1. The number of carboxylic acid groups (broad SMARTS) is 1. The largest absolute Gasteiger partial charge is 0.477 e. The van der Waals surface area contributed by atoms with Gasteiger partial charge in [-0.2, -0.15) is 4.98 Å². The van der Waals surface area contributed by atoms with Crippen molar-refractivity contribution in [3.05, 3.63) is 47.8 Å². The first kappa shape index (κ1) is 11.3. The molecular formula is C13H10N4O2. The molecule has 94 valence electrons. The van der Waals surface area contributed by atoms with Gasteiger partial charge >= 0.3 is 5.97 Å². The lowest BCUT2D eigenvalue weighted by molar-refractivity contribution is 0.0690. The summed E-state index contributed by atoms with van der Waals surface area (Å²) in [4.78, 5) is 19.0. The lowest BCUT2D eigenvalue weighted by Gasteiger charge is -1.95. The van der Waals surface area contributed by atoms with Gasteiger partial charge in [-0.25, -0.2) is 14.3 Å². The molecule has 3 rings (SSSR count). The third-order valence-electron chi connectivity index (χ3n) is 2.70. The van der Waals surface area contributed by atoms with E-state index < -0.39 is 5.97 Å². The predicted octanol–water partition coefficient (Wildman–Crippen LogP) is 1.80. The number of benzene rings is 1. The SMILES string of the molecule is Cc1cccc(-c2nc3nc(C(=O)O)ccn3n2)c1. The molecule has 0 atom stereocenters. The van der Waals surface area contributed by atoms with Gasteiger partial charge in [0.25, 0.3) is 5.78 Å². The highest BCUT2D eigenvalue weighted by molar-refractivity contribution is 5.85. The van der Waals surface area contributed by atoms with E-state index in [1.54, 1.807) is 0 Å². The van der Waals surface area contributed by atoms with Gasteiger partial charge in [0.15, 0.2) is 11.5 Å². The van der Waals surface area contributed by atoms with Crippen molar-refractivity contribution < 1.29 is 9.90 Å². The number of hydrogen-bond acceptors (Lipinski definition) is 4. The zero-order valence-corrected chi connectivity index (χ0v) is 10.1.